The van der Waals surface area contributed by atoms with E-state index < -0.39 is 0 Å². The van der Waals surface area contributed by atoms with Crippen LogP contribution in [-0.2, 0) is 4.79 Å². The minimum atomic E-state index is -0.105. The summed E-state index contributed by atoms with van der Waals surface area (Å²) in [6, 6.07) is 7.21. The van der Waals surface area contributed by atoms with Crippen molar-refractivity contribution in [2.75, 3.05) is 32.1 Å². The molecular weight excluding hydrogens is 244 g/mol. The molecule has 1 rings (SSSR count). The summed E-state index contributed by atoms with van der Waals surface area (Å²) < 4.78 is 5.33. The van der Waals surface area contributed by atoms with E-state index in [-0.39, 0.29) is 25.1 Å². The largest absolute Gasteiger partial charge is 0.494 e. The van der Waals surface area contributed by atoms with Gasteiger partial charge >= 0.3 is 0 Å². The SMILES string of the molecule is CCOc1ccc(NC(=O)CN(C)C(C)CO)cc1. The minimum absolute atomic E-state index is 0.0346. The van der Waals surface area contributed by atoms with Gasteiger partial charge in [0.2, 0.25) is 5.91 Å². The molecule has 0 aliphatic rings. The van der Waals surface area contributed by atoms with E-state index in [1.54, 1.807) is 24.1 Å². The van der Waals surface area contributed by atoms with E-state index >= 15 is 0 Å². The molecule has 0 saturated carbocycles. The Morgan fingerprint density at radius 2 is 2.05 bits per heavy atom. The number of ether oxygens (including phenoxy) is 1. The lowest BCUT2D eigenvalue weighted by atomic mass is 10.3. The van der Waals surface area contributed by atoms with Gasteiger partial charge in [-0.1, -0.05) is 0 Å². The van der Waals surface area contributed by atoms with Crippen molar-refractivity contribution >= 4 is 11.6 Å². The predicted molar refractivity (Wildman–Crippen MR) is 75.4 cm³/mol. The maximum absolute atomic E-state index is 11.8. The van der Waals surface area contributed by atoms with E-state index in [1.165, 1.54) is 0 Å². The Labute approximate surface area is 114 Å². The highest BCUT2D eigenvalue weighted by Gasteiger charge is 2.12. The second-order valence-electron chi connectivity index (χ2n) is 4.45. The zero-order chi connectivity index (χ0) is 14.3. The summed E-state index contributed by atoms with van der Waals surface area (Å²) in [4.78, 5) is 13.6. The minimum Gasteiger partial charge on any atom is -0.494 e. The maximum Gasteiger partial charge on any atom is 0.238 e. The number of likely N-dealkylation sites (N-methyl/N-ethyl adjacent to an activating group) is 1. The lowest BCUT2D eigenvalue weighted by molar-refractivity contribution is -0.117. The van der Waals surface area contributed by atoms with E-state index in [2.05, 4.69) is 5.32 Å². The number of carbonyl (C=O) groups is 1. The van der Waals surface area contributed by atoms with Gasteiger partial charge in [-0.25, -0.2) is 0 Å². The summed E-state index contributed by atoms with van der Waals surface area (Å²) in [6.45, 7) is 4.69. The van der Waals surface area contributed by atoms with E-state index in [0.29, 0.717) is 6.61 Å². The molecule has 1 atom stereocenters. The number of anilines is 1. The smallest absolute Gasteiger partial charge is 0.238 e. The molecular formula is C14H22N2O3. The van der Waals surface area contributed by atoms with Crippen LogP contribution in [0.15, 0.2) is 24.3 Å². The van der Waals surface area contributed by atoms with Crippen LogP contribution in [0.4, 0.5) is 5.69 Å². The fourth-order valence-corrected chi connectivity index (χ4v) is 1.52. The molecule has 1 aromatic rings. The molecule has 0 aliphatic heterocycles. The number of benzene rings is 1. The number of amides is 1. The highest BCUT2D eigenvalue weighted by molar-refractivity contribution is 5.92. The lowest BCUT2D eigenvalue weighted by Gasteiger charge is -2.21. The van der Waals surface area contributed by atoms with Crippen molar-refractivity contribution in [3.05, 3.63) is 24.3 Å². The zero-order valence-corrected chi connectivity index (χ0v) is 11.7. The van der Waals surface area contributed by atoms with Crippen molar-refractivity contribution in [2.45, 2.75) is 19.9 Å². The standard InChI is InChI=1S/C14H22N2O3/c1-4-19-13-7-5-12(6-8-13)15-14(18)9-16(3)11(2)10-17/h5-8,11,17H,4,9-10H2,1-3H3,(H,15,18). The first-order chi connectivity index (χ1) is 9.06. The van der Waals surface area contributed by atoms with Crippen LogP contribution < -0.4 is 10.1 Å². The number of aliphatic hydroxyl groups is 1. The van der Waals surface area contributed by atoms with Crippen LogP contribution >= 0.6 is 0 Å². The number of carbonyl (C=O) groups excluding carboxylic acids is 1. The first-order valence-corrected chi connectivity index (χ1v) is 6.40. The van der Waals surface area contributed by atoms with Gasteiger partial charge in [-0.2, -0.15) is 0 Å². The predicted octanol–water partition coefficient (Wildman–Crippen LogP) is 1.34. The van der Waals surface area contributed by atoms with Crippen LogP contribution in [0.2, 0.25) is 0 Å². The number of nitrogens with one attached hydrogen (secondary N) is 1. The molecule has 1 aromatic carbocycles. The molecule has 5 nitrogen and oxygen atoms in total. The van der Waals surface area contributed by atoms with Gasteiger partial charge in [0, 0.05) is 11.7 Å². The van der Waals surface area contributed by atoms with Crippen molar-refractivity contribution in [1.82, 2.24) is 4.90 Å². The molecule has 0 aliphatic carbocycles. The average Bonchev–Trinajstić information content (AvgIpc) is 2.40. The third-order valence-corrected chi connectivity index (χ3v) is 2.86. The summed E-state index contributed by atoms with van der Waals surface area (Å²) in [5, 5.41) is 11.8. The van der Waals surface area contributed by atoms with Crippen LogP contribution in [0.3, 0.4) is 0 Å². The molecule has 0 radical (unpaired) electrons. The molecule has 1 amide bonds. The van der Waals surface area contributed by atoms with Gasteiger partial charge in [0.25, 0.3) is 0 Å². The molecule has 2 N–H and O–H groups in total. The maximum atomic E-state index is 11.8. The summed E-state index contributed by atoms with van der Waals surface area (Å²) >= 11 is 0. The van der Waals surface area contributed by atoms with Crippen LogP contribution in [0.5, 0.6) is 5.75 Å². The first-order valence-electron chi connectivity index (χ1n) is 6.40. The van der Waals surface area contributed by atoms with E-state index in [1.807, 2.05) is 26.0 Å². The lowest BCUT2D eigenvalue weighted by Crippen LogP contribution is -2.38. The highest BCUT2D eigenvalue weighted by atomic mass is 16.5. The average molecular weight is 266 g/mol. The molecule has 0 heterocycles. The van der Waals surface area contributed by atoms with E-state index in [4.69, 9.17) is 9.84 Å². The number of rotatable bonds is 7. The molecule has 5 heteroatoms. The summed E-state index contributed by atoms with van der Waals surface area (Å²) in [5.74, 6) is 0.679. The van der Waals surface area contributed by atoms with E-state index in [0.717, 1.165) is 11.4 Å². The zero-order valence-electron chi connectivity index (χ0n) is 11.7. The molecule has 0 fully saturated rings. The highest BCUT2D eigenvalue weighted by Crippen LogP contribution is 2.15. The van der Waals surface area contributed by atoms with Crippen LogP contribution in [-0.4, -0.2) is 48.8 Å². The van der Waals surface area contributed by atoms with Crippen molar-refractivity contribution in [2.24, 2.45) is 0 Å². The number of hydrogen-bond donors (Lipinski definition) is 2. The van der Waals surface area contributed by atoms with Crippen molar-refractivity contribution in [3.8, 4) is 5.75 Å². The first kappa shape index (κ1) is 15.5. The van der Waals surface area contributed by atoms with Gasteiger partial charge in [0.1, 0.15) is 5.75 Å². The molecule has 0 aromatic heterocycles. The fraction of sp³-hybridized carbons (Fsp3) is 0.500. The monoisotopic (exact) mass is 266 g/mol. The Morgan fingerprint density at radius 1 is 1.42 bits per heavy atom. The van der Waals surface area contributed by atoms with Gasteiger partial charge in [0.15, 0.2) is 0 Å². The Balaban J connectivity index is 2.48. The molecule has 0 spiro atoms. The Morgan fingerprint density at radius 3 is 2.58 bits per heavy atom. The molecule has 1 unspecified atom stereocenters. The number of nitrogens with zero attached hydrogens (tertiary/aromatic N) is 1. The normalized spacial score (nSPS) is 12.3. The van der Waals surface area contributed by atoms with Gasteiger partial charge in [-0.3, -0.25) is 9.69 Å². The van der Waals surface area contributed by atoms with Crippen molar-refractivity contribution in [3.63, 3.8) is 0 Å². The quantitative estimate of drug-likeness (QED) is 0.781. The second-order valence-corrected chi connectivity index (χ2v) is 4.45. The van der Waals surface area contributed by atoms with Crippen LogP contribution in [0.1, 0.15) is 13.8 Å². The summed E-state index contributed by atoms with van der Waals surface area (Å²) in [6.07, 6.45) is 0. The second kappa shape index (κ2) is 7.76. The molecule has 0 bridgehead atoms. The van der Waals surface area contributed by atoms with Crippen LogP contribution in [0.25, 0.3) is 0 Å². The number of hydrogen-bond acceptors (Lipinski definition) is 4. The fourth-order valence-electron chi connectivity index (χ4n) is 1.52. The van der Waals surface area contributed by atoms with E-state index in [9.17, 15) is 4.79 Å². The van der Waals surface area contributed by atoms with Crippen LogP contribution in [0, 0.1) is 0 Å². The Kier molecular flexibility index (Phi) is 6.32. The summed E-state index contributed by atoms with van der Waals surface area (Å²) in [7, 11) is 1.80. The third kappa shape index (κ3) is 5.28. The summed E-state index contributed by atoms with van der Waals surface area (Å²) in [5.41, 5.74) is 0.735. The topological polar surface area (TPSA) is 61.8 Å². The van der Waals surface area contributed by atoms with Gasteiger partial charge < -0.3 is 15.2 Å². The van der Waals surface area contributed by atoms with Crippen molar-refractivity contribution in [1.29, 1.82) is 0 Å². The molecule has 19 heavy (non-hydrogen) atoms. The Hall–Kier alpha value is -1.59. The van der Waals surface area contributed by atoms with Gasteiger partial charge in [-0.15, -0.1) is 0 Å². The van der Waals surface area contributed by atoms with Crippen molar-refractivity contribution < 1.29 is 14.6 Å². The van der Waals surface area contributed by atoms with Gasteiger partial charge in [0.05, 0.1) is 19.8 Å². The Bertz CT molecular complexity index is 392. The molecule has 0 saturated heterocycles. The van der Waals surface area contributed by atoms with Gasteiger partial charge in [-0.05, 0) is 45.2 Å². The number of aliphatic hydroxyl groups excluding tert-OH is 1. The third-order valence-electron chi connectivity index (χ3n) is 2.86. The molecule has 106 valence electrons.